The fourth-order valence-corrected chi connectivity index (χ4v) is 4.20. The molecule has 28 heavy (non-hydrogen) atoms. The second kappa shape index (κ2) is 8.32. The summed E-state index contributed by atoms with van der Waals surface area (Å²) in [5, 5.41) is 3.26. The number of hydrogen-bond donors (Lipinski definition) is 2. The first kappa shape index (κ1) is 20.3. The van der Waals surface area contributed by atoms with E-state index in [0.29, 0.717) is 5.56 Å². The van der Waals surface area contributed by atoms with Gasteiger partial charge in [-0.05, 0) is 49.2 Å². The standard InChI is InChI=1S/C19H23F2N3O3S/c1-13-3-6-16(18(11-13)27-19(20)21)23-28(25,26)15-5-4-14(2)17(12-15)24-9-7-22-8-10-24/h3-6,11-12,19,22-23H,7-10H2,1-2H3. The van der Waals surface area contributed by atoms with Crippen molar-refractivity contribution in [2.75, 3.05) is 35.8 Å². The van der Waals surface area contributed by atoms with Crippen LogP contribution in [0, 0.1) is 13.8 Å². The number of nitrogens with zero attached hydrogens (tertiary/aromatic N) is 1. The number of alkyl halides is 2. The Labute approximate surface area is 163 Å². The normalized spacial score (nSPS) is 15.0. The fraction of sp³-hybridized carbons (Fsp3) is 0.368. The van der Waals surface area contributed by atoms with Crippen LogP contribution in [0.5, 0.6) is 5.75 Å². The number of halogens is 2. The van der Waals surface area contributed by atoms with E-state index in [1.807, 2.05) is 6.92 Å². The molecule has 0 bridgehead atoms. The number of benzene rings is 2. The molecule has 0 aromatic heterocycles. The van der Waals surface area contributed by atoms with Gasteiger partial charge in [0.15, 0.2) is 0 Å². The van der Waals surface area contributed by atoms with E-state index in [1.54, 1.807) is 25.1 Å². The Morgan fingerprint density at radius 1 is 1.11 bits per heavy atom. The summed E-state index contributed by atoms with van der Waals surface area (Å²) in [5.41, 5.74) is 2.46. The van der Waals surface area contributed by atoms with E-state index < -0.39 is 16.6 Å². The van der Waals surface area contributed by atoms with Gasteiger partial charge < -0.3 is 15.0 Å². The van der Waals surface area contributed by atoms with Crippen molar-refractivity contribution in [3.05, 3.63) is 47.5 Å². The minimum atomic E-state index is -3.98. The van der Waals surface area contributed by atoms with Crippen LogP contribution in [0.1, 0.15) is 11.1 Å². The van der Waals surface area contributed by atoms with Crippen LogP contribution in [0.3, 0.4) is 0 Å². The van der Waals surface area contributed by atoms with Gasteiger partial charge in [-0.3, -0.25) is 4.72 Å². The molecule has 152 valence electrons. The minimum Gasteiger partial charge on any atom is -0.433 e. The molecule has 1 heterocycles. The predicted molar refractivity (Wildman–Crippen MR) is 105 cm³/mol. The summed E-state index contributed by atoms with van der Waals surface area (Å²) in [6, 6.07) is 9.27. The largest absolute Gasteiger partial charge is 0.433 e. The Hall–Kier alpha value is -2.39. The van der Waals surface area contributed by atoms with Crippen LogP contribution in [0.4, 0.5) is 20.2 Å². The molecule has 6 nitrogen and oxygen atoms in total. The van der Waals surface area contributed by atoms with Gasteiger partial charge in [-0.2, -0.15) is 8.78 Å². The maximum absolute atomic E-state index is 12.9. The van der Waals surface area contributed by atoms with E-state index in [-0.39, 0.29) is 16.3 Å². The fourth-order valence-electron chi connectivity index (χ4n) is 3.11. The van der Waals surface area contributed by atoms with Crippen LogP contribution >= 0.6 is 0 Å². The first-order chi connectivity index (χ1) is 13.3. The summed E-state index contributed by atoms with van der Waals surface area (Å²) >= 11 is 0. The molecule has 1 aliphatic heterocycles. The van der Waals surface area contributed by atoms with Crippen LogP contribution in [-0.2, 0) is 10.0 Å². The molecule has 0 amide bonds. The highest BCUT2D eigenvalue weighted by molar-refractivity contribution is 7.92. The molecule has 0 unspecified atom stereocenters. The zero-order chi connectivity index (χ0) is 20.3. The van der Waals surface area contributed by atoms with Crippen molar-refractivity contribution in [1.82, 2.24) is 5.32 Å². The highest BCUT2D eigenvalue weighted by Gasteiger charge is 2.21. The first-order valence-corrected chi connectivity index (χ1v) is 10.4. The third kappa shape index (κ3) is 4.71. The van der Waals surface area contributed by atoms with Crippen LogP contribution in [0.2, 0.25) is 0 Å². The molecule has 1 saturated heterocycles. The van der Waals surface area contributed by atoms with Gasteiger partial charge in [-0.25, -0.2) is 8.42 Å². The Balaban J connectivity index is 1.91. The van der Waals surface area contributed by atoms with Crippen molar-refractivity contribution < 1.29 is 21.9 Å². The SMILES string of the molecule is Cc1ccc(NS(=O)(=O)c2ccc(C)c(N3CCNCC3)c2)c(OC(F)F)c1. The second-order valence-electron chi connectivity index (χ2n) is 6.67. The first-order valence-electron chi connectivity index (χ1n) is 8.91. The lowest BCUT2D eigenvalue weighted by Gasteiger charge is -2.31. The van der Waals surface area contributed by atoms with E-state index in [1.165, 1.54) is 18.2 Å². The average Bonchev–Trinajstić information content (AvgIpc) is 2.64. The van der Waals surface area contributed by atoms with Gasteiger partial charge in [0.2, 0.25) is 0 Å². The van der Waals surface area contributed by atoms with Crippen molar-refractivity contribution in [3.63, 3.8) is 0 Å². The number of aryl methyl sites for hydroxylation is 2. The van der Waals surface area contributed by atoms with Crippen molar-refractivity contribution in [3.8, 4) is 5.75 Å². The van der Waals surface area contributed by atoms with Gasteiger partial charge in [-0.1, -0.05) is 12.1 Å². The van der Waals surface area contributed by atoms with Crippen LogP contribution < -0.4 is 19.7 Å². The van der Waals surface area contributed by atoms with E-state index >= 15 is 0 Å². The summed E-state index contributed by atoms with van der Waals surface area (Å²) in [6.07, 6.45) is 0. The number of hydrogen-bond acceptors (Lipinski definition) is 5. The highest BCUT2D eigenvalue weighted by Crippen LogP contribution is 2.31. The Bertz CT molecular complexity index is 945. The lowest BCUT2D eigenvalue weighted by Crippen LogP contribution is -2.43. The van der Waals surface area contributed by atoms with E-state index in [2.05, 4.69) is 19.7 Å². The Morgan fingerprint density at radius 3 is 2.50 bits per heavy atom. The maximum atomic E-state index is 12.9. The molecule has 0 saturated carbocycles. The lowest BCUT2D eigenvalue weighted by molar-refractivity contribution is -0.0493. The lowest BCUT2D eigenvalue weighted by atomic mass is 10.1. The van der Waals surface area contributed by atoms with Gasteiger partial charge in [0.25, 0.3) is 10.0 Å². The molecule has 2 N–H and O–H groups in total. The molecule has 2 aromatic rings. The molecule has 1 fully saturated rings. The summed E-state index contributed by atoms with van der Waals surface area (Å²) in [6.45, 7) is 3.79. The summed E-state index contributed by atoms with van der Waals surface area (Å²) in [4.78, 5) is 2.19. The molecular weight excluding hydrogens is 388 g/mol. The van der Waals surface area contributed by atoms with Gasteiger partial charge in [-0.15, -0.1) is 0 Å². The summed E-state index contributed by atoms with van der Waals surface area (Å²) < 4.78 is 58.0. The number of rotatable bonds is 6. The molecule has 3 rings (SSSR count). The van der Waals surface area contributed by atoms with Gasteiger partial charge in [0.1, 0.15) is 5.75 Å². The zero-order valence-corrected chi connectivity index (χ0v) is 16.5. The zero-order valence-electron chi connectivity index (χ0n) is 15.7. The molecule has 0 spiro atoms. The van der Waals surface area contributed by atoms with Crippen molar-refractivity contribution >= 4 is 21.4 Å². The molecule has 0 atom stereocenters. The topological polar surface area (TPSA) is 70.7 Å². The van der Waals surface area contributed by atoms with Crippen LogP contribution in [-0.4, -0.2) is 41.2 Å². The van der Waals surface area contributed by atoms with Crippen molar-refractivity contribution in [1.29, 1.82) is 0 Å². The molecule has 2 aromatic carbocycles. The van der Waals surface area contributed by atoms with Gasteiger partial charge >= 0.3 is 6.61 Å². The number of nitrogens with one attached hydrogen (secondary N) is 2. The summed E-state index contributed by atoms with van der Waals surface area (Å²) in [5.74, 6) is -0.215. The minimum absolute atomic E-state index is 0.0322. The number of piperazine rings is 1. The number of anilines is 2. The molecule has 0 aliphatic carbocycles. The predicted octanol–water partition coefficient (Wildman–Crippen LogP) is 3.12. The Morgan fingerprint density at radius 2 is 1.82 bits per heavy atom. The van der Waals surface area contributed by atoms with Gasteiger partial charge in [0.05, 0.1) is 10.6 Å². The number of ether oxygens (including phenoxy) is 1. The van der Waals surface area contributed by atoms with Crippen LogP contribution in [0.15, 0.2) is 41.3 Å². The Kier molecular flexibility index (Phi) is 6.04. The highest BCUT2D eigenvalue weighted by atomic mass is 32.2. The van der Waals surface area contributed by atoms with E-state index in [4.69, 9.17) is 0 Å². The number of sulfonamides is 1. The second-order valence-corrected chi connectivity index (χ2v) is 8.35. The molecular formula is C19H23F2N3O3S. The van der Waals surface area contributed by atoms with Crippen molar-refractivity contribution in [2.45, 2.75) is 25.4 Å². The van der Waals surface area contributed by atoms with Crippen molar-refractivity contribution in [2.24, 2.45) is 0 Å². The quantitative estimate of drug-likeness (QED) is 0.764. The molecule has 0 radical (unpaired) electrons. The molecule has 9 heteroatoms. The smallest absolute Gasteiger partial charge is 0.387 e. The summed E-state index contributed by atoms with van der Waals surface area (Å²) in [7, 11) is -3.98. The van der Waals surface area contributed by atoms with E-state index in [0.717, 1.165) is 37.4 Å². The van der Waals surface area contributed by atoms with Crippen LogP contribution in [0.25, 0.3) is 0 Å². The molecule has 1 aliphatic rings. The third-order valence-electron chi connectivity index (χ3n) is 4.55. The van der Waals surface area contributed by atoms with E-state index in [9.17, 15) is 17.2 Å². The average molecular weight is 411 g/mol. The van der Waals surface area contributed by atoms with Gasteiger partial charge in [0, 0.05) is 31.9 Å². The third-order valence-corrected chi connectivity index (χ3v) is 5.91. The maximum Gasteiger partial charge on any atom is 0.387 e. The monoisotopic (exact) mass is 411 g/mol.